The van der Waals surface area contributed by atoms with Crippen molar-refractivity contribution >= 4 is 11.9 Å². The van der Waals surface area contributed by atoms with Crippen LogP contribution in [-0.4, -0.2) is 26.8 Å². The molecular formula is C17H21N3O3. The monoisotopic (exact) mass is 315 g/mol. The summed E-state index contributed by atoms with van der Waals surface area (Å²) in [5, 5.41) is 16.0. The maximum Gasteiger partial charge on any atom is 0.339 e. The molecule has 1 amide bonds. The van der Waals surface area contributed by atoms with Gasteiger partial charge in [-0.2, -0.15) is 5.10 Å². The van der Waals surface area contributed by atoms with Crippen molar-refractivity contribution in [3.63, 3.8) is 0 Å². The van der Waals surface area contributed by atoms with E-state index in [9.17, 15) is 14.7 Å². The molecule has 0 saturated heterocycles. The van der Waals surface area contributed by atoms with Gasteiger partial charge >= 0.3 is 5.97 Å². The van der Waals surface area contributed by atoms with Gasteiger partial charge < -0.3 is 10.4 Å². The van der Waals surface area contributed by atoms with Crippen molar-refractivity contribution in [3.05, 3.63) is 52.3 Å². The largest absolute Gasteiger partial charge is 0.478 e. The highest BCUT2D eigenvalue weighted by atomic mass is 16.4. The first-order chi connectivity index (χ1) is 10.8. The molecule has 0 fully saturated rings. The fraction of sp³-hybridized carbons (Fsp3) is 0.353. The number of carbonyl (C=O) groups is 2. The highest BCUT2D eigenvalue weighted by Gasteiger charge is 2.23. The van der Waals surface area contributed by atoms with Crippen molar-refractivity contribution in [2.24, 2.45) is 7.05 Å². The molecule has 2 N–H and O–H groups in total. The van der Waals surface area contributed by atoms with E-state index in [1.54, 1.807) is 7.05 Å². The average molecular weight is 315 g/mol. The van der Waals surface area contributed by atoms with Crippen LogP contribution < -0.4 is 5.32 Å². The van der Waals surface area contributed by atoms with E-state index < -0.39 is 11.9 Å². The van der Waals surface area contributed by atoms with Crippen molar-refractivity contribution in [3.8, 4) is 0 Å². The number of nitrogens with zero attached hydrogens (tertiary/aromatic N) is 2. The van der Waals surface area contributed by atoms with E-state index in [-0.39, 0.29) is 17.3 Å². The summed E-state index contributed by atoms with van der Waals surface area (Å²) in [6.45, 7) is 5.99. The maximum atomic E-state index is 12.5. The fourth-order valence-electron chi connectivity index (χ4n) is 2.66. The van der Waals surface area contributed by atoms with E-state index in [1.165, 1.54) is 10.9 Å². The molecule has 0 unspecified atom stereocenters. The first-order valence-corrected chi connectivity index (χ1v) is 7.48. The summed E-state index contributed by atoms with van der Waals surface area (Å²) in [6, 6.07) is 5.87. The van der Waals surface area contributed by atoms with Gasteiger partial charge in [0.2, 0.25) is 0 Å². The summed E-state index contributed by atoms with van der Waals surface area (Å²) in [5.74, 6) is -1.64. The van der Waals surface area contributed by atoms with Gasteiger partial charge in [0.05, 0.1) is 6.04 Å². The van der Waals surface area contributed by atoms with Crippen molar-refractivity contribution in [2.45, 2.75) is 33.2 Å². The number of carboxylic acids is 1. The number of rotatable bonds is 5. The van der Waals surface area contributed by atoms with Gasteiger partial charge in [-0.1, -0.05) is 30.7 Å². The highest BCUT2D eigenvalue weighted by Crippen LogP contribution is 2.22. The van der Waals surface area contributed by atoms with Crippen LogP contribution in [0.4, 0.5) is 0 Å². The SMILES string of the molecule is CC[C@H](NC(=O)c1nn(C)cc1C(=O)O)c1ccc(C)cc1C. The van der Waals surface area contributed by atoms with Crippen LogP contribution >= 0.6 is 0 Å². The van der Waals surface area contributed by atoms with Gasteiger partial charge in [-0.25, -0.2) is 4.79 Å². The van der Waals surface area contributed by atoms with Crippen LogP contribution in [0.15, 0.2) is 24.4 Å². The number of amides is 1. The number of aryl methyl sites for hydroxylation is 3. The molecule has 1 aromatic heterocycles. The molecule has 0 saturated carbocycles. The third-order valence-electron chi connectivity index (χ3n) is 3.79. The van der Waals surface area contributed by atoms with Gasteiger partial charge in [-0.15, -0.1) is 0 Å². The third-order valence-corrected chi connectivity index (χ3v) is 3.79. The molecule has 1 atom stereocenters. The standard InChI is InChI=1S/C17H21N3O3/c1-5-14(12-7-6-10(2)8-11(12)3)18-16(21)15-13(17(22)23)9-20(4)19-15/h6-9,14H,5H2,1-4H3,(H,18,21)(H,22,23)/t14-/m0/s1. The predicted molar refractivity (Wildman–Crippen MR) is 86.6 cm³/mol. The van der Waals surface area contributed by atoms with Crippen LogP contribution in [-0.2, 0) is 7.05 Å². The summed E-state index contributed by atoms with van der Waals surface area (Å²) in [7, 11) is 1.59. The van der Waals surface area contributed by atoms with Gasteiger partial charge in [0.1, 0.15) is 5.56 Å². The highest BCUT2D eigenvalue weighted by molar-refractivity contribution is 6.03. The van der Waals surface area contributed by atoms with Crippen LogP contribution in [0, 0.1) is 13.8 Å². The molecule has 6 heteroatoms. The number of carboxylic acid groups (broad SMARTS) is 1. The summed E-state index contributed by atoms with van der Waals surface area (Å²) in [5.41, 5.74) is 3.12. The number of hydrogen-bond acceptors (Lipinski definition) is 3. The Labute approximate surface area is 135 Å². The van der Waals surface area contributed by atoms with Crippen LogP contribution in [0.5, 0.6) is 0 Å². The molecule has 0 aliphatic carbocycles. The molecule has 1 aromatic carbocycles. The van der Waals surface area contributed by atoms with Gasteiger partial charge in [-0.05, 0) is 31.4 Å². The second-order valence-corrected chi connectivity index (χ2v) is 5.66. The minimum atomic E-state index is -1.16. The van der Waals surface area contributed by atoms with Crippen LogP contribution in [0.2, 0.25) is 0 Å². The first-order valence-electron chi connectivity index (χ1n) is 7.48. The Morgan fingerprint density at radius 2 is 2.04 bits per heavy atom. The van der Waals surface area contributed by atoms with Gasteiger partial charge in [0.15, 0.2) is 5.69 Å². The summed E-state index contributed by atoms with van der Waals surface area (Å²) in [6.07, 6.45) is 2.03. The molecule has 0 spiro atoms. The summed E-state index contributed by atoms with van der Waals surface area (Å²) >= 11 is 0. The number of aromatic nitrogens is 2. The molecule has 122 valence electrons. The fourth-order valence-corrected chi connectivity index (χ4v) is 2.66. The van der Waals surface area contributed by atoms with Gasteiger partial charge in [0, 0.05) is 13.2 Å². The summed E-state index contributed by atoms with van der Waals surface area (Å²) < 4.78 is 1.33. The lowest BCUT2D eigenvalue weighted by atomic mass is 9.97. The summed E-state index contributed by atoms with van der Waals surface area (Å²) in [4.78, 5) is 23.7. The molecule has 0 aliphatic heterocycles. The molecule has 2 aromatic rings. The Hall–Kier alpha value is -2.63. The zero-order chi connectivity index (χ0) is 17.1. The van der Waals surface area contributed by atoms with E-state index in [4.69, 9.17) is 0 Å². The molecule has 0 bridgehead atoms. The molecular weight excluding hydrogens is 294 g/mol. The van der Waals surface area contributed by atoms with Crippen molar-refractivity contribution in [1.29, 1.82) is 0 Å². The third kappa shape index (κ3) is 3.59. The Morgan fingerprint density at radius 3 is 2.61 bits per heavy atom. The Balaban J connectivity index is 2.28. The van der Waals surface area contributed by atoms with Crippen LogP contribution in [0.1, 0.15) is 56.9 Å². The van der Waals surface area contributed by atoms with Crippen LogP contribution in [0.3, 0.4) is 0 Å². The Morgan fingerprint density at radius 1 is 1.35 bits per heavy atom. The van der Waals surface area contributed by atoms with Crippen LogP contribution in [0.25, 0.3) is 0 Å². The number of benzene rings is 1. The zero-order valence-corrected chi connectivity index (χ0v) is 13.8. The number of hydrogen-bond donors (Lipinski definition) is 2. The minimum absolute atomic E-state index is 0.0665. The first kappa shape index (κ1) is 16.7. The lowest BCUT2D eigenvalue weighted by Crippen LogP contribution is -2.30. The topological polar surface area (TPSA) is 84.2 Å². The minimum Gasteiger partial charge on any atom is -0.478 e. The van der Waals surface area contributed by atoms with E-state index in [1.807, 2.05) is 32.9 Å². The lowest BCUT2D eigenvalue weighted by molar-refractivity contribution is 0.0690. The normalized spacial score (nSPS) is 12.0. The number of carbonyl (C=O) groups excluding carboxylic acids is 1. The van der Waals surface area contributed by atoms with E-state index in [0.29, 0.717) is 6.42 Å². The molecule has 6 nitrogen and oxygen atoms in total. The molecule has 0 radical (unpaired) electrons. The van der Waals surface area contributed by atoms with E-state index in [2.05, 4.69) is 16.5 Å². The van der Waals surface area contributed by atoms with Crippen molar-refractivity contribution < 1.29 is 14.7 Å². The molecule has 1 heterocycles. The predicted octanol–water partition coefficient (Wildman–Crippen LogP) is 2.62. The second kappa shape index (κ2) is 6.64. The van der Waals surface area contributed by atoms with E-state index >= 15 is 0 Å². The van der Waals surface area contributed by atoms with Crippen molar-refractivity contribution in [1.82, 2.24) is 15.1 Å². The average Bonchev–Trinajstić information content (AvgIpc) is 2.87. The Bertz CT molecular complexity index is 750. The molecule has 0 aliphatic rings. The quantitative estimate of drug-likeness (QED) is 0.888. The maximum absolute atomic E-state index is 12.5. The van der Waals surface area contributed by atoms with Crippen molar-refractivity contribution in [2.75, 3.05) is 0 Å². The smallest absolute Gasteiger partial charge is 0.339 e. The molecule has 23 heavy (non-hydrogen) atoms. The lowest BCUT2D eigenvalue weighted by Gasteiger charge is -2.19. The van der Waals surface area contributed by atoms with Gasteiger partial charge in [0.25, 0.3) is 5.91 Å². The van der Waals surface area contributed by atoms with Gasteiger partial charge in [-0.3, -0.25) is 9.48 Å². The molecule has 2 rings (SSSR count). The number of aromatic carboxylic acids is 1. The zero-order valence-electron chi connectivity index (χ0n) is 13.8. The second-order valence-electron chi connectivity index (χ2n) is 5.66. The number of nitrogens with one attached hydrogen (secondary N) is 1. The van der Waals surface area contributed by atoms with E-state index in [0.717, 1.165) is 16.7 Å². The Kier molecular flexibility index (Phi) is 4.83.